The first-order valence-corrected chi connectivity index (χ1v) is 12.5. The summed E-state index contributed by atoms with van der Waals surface area (Å²) < 4.78 is 5.37. The fourth-order valence-corrected chi connectivity index (χ4v) is 4.67. The minimum atomic E-state index is -0.693. The second-order valence-corrected chi connectivity index (χ2v) is 10.5. The number of rotatable bonds is 1. The van der Waals surface area contributed by atoms with Crippen molar-refractivity contribution in [3.8, 4) is 0 Å². The van der Waals surface area contributed by atoms with E-state index in [9.17, 15) is 14.4 Å². The highest BCUT2D eigenvalue weighted by Gasteiger charge is 2.35. The molecule has 0 bridgehead atoms. The van der Waals surface area contributed by atoms with Gasteiger partial charge in [-0.2, -0.15) is 0 Å². The molecular weight excluding hydrogens is 430 g/mol. The monoisotopic (exact) mass is 469 g/mol. The van der Waals surface area contributed by atoms with Crippen LogP contribution in [-0.2, 0) is 16.0 Å². The second kappa shape index (κ2) is 11.5. The Morgan fingerprint density at radius 3 is 2.53 bits per heavy atom. The molecule has 1 aromatic rings. The molecule has 1 atom stereocenters. The summed E-state index contributed by atoms with van der Waals surface area (Å²) in [5, 5.41) is 9.06. The molecule has 7 heteroatoms. The first-order chi connectivity index (χ1) is 16.2. The SMILES string of the molecule is CC(C)(C)OC(=O)NC1CCC/C=C/Cc2ccccc2C(=O)NC2(CCCCC2)CNC1=O. The van der Waals surface area contributed by atoms with Gasteiger partial charge in [0.2, 0.25) is 5.91 Å². The topological polar surface area (TPSA) is 96.5 Å². The van der Waals surface area contributed by atoms with Gasteiger partial charge in [-0.05, 0) is 70.9 Å². The zero-order chi connectivity index (χ0) is 24.6. The fraction of sp³-hybridized carbons (Fsp3) is 0.593. The van der Waals surface area contributed by atoms with Gasteiger partial charge < -0.3 is 20.7 Å². The zero-order valence-corrected chi connectivity index (χ0v) is 20.7. The Hall–Kier alpha value is -2.83. The van der Waals surface area contributed by atoms with Crippen molar-refractivity contribution in [3.63, 3.8) is 0 Å². The van der Waals surface area contributed by atoms with Crippen LogP contribution in [-0.4, -0.2) is 41.6 Å². The maximum atomic E-state index is 13.3. The summed E-state index contributed by atoms with van der Waals surface area (Å²) in [6, 6.07) is 7.01. The van der Waals surface area contributed by atoms with Crippen molar-refractivity contribution in [3.05, 3.63) is 47.5 Å². The maximum absolute atomic E-state index is 13.3. The number of allylic oxidation sites excluding steroid dienone is 2. The Balaban J connectivity index is 1.81. The fourth-order valence-electron chi connectivity index (χ4n) is 4.67. The molecule has 3 amide bonds. The summed E-state index contributed by atoms with van der Waals surface area (Å²) in [5.74, 6) is -0.345. The summed E-state index contributed by atoms with van der Waals surface area (Å²) in [4.78, 5) is 38.8. The van der Waals surface area contributed by atoms with Crippen LogP contribution in [0.2, 0.25) is 0 Å². The summed E-state index contributed by atoms with van der Waals surface area (Å²) in [7, 11) is 0. The number of carbonyl (C=O) groups is 3. The van der Waals surface area contributed by atoms with Crippen LogP contribution in [0.4, 0.5) is 4.79 Å². The van der Waals surface area contributed by atoms with Gasteiger partial charge >= 0.3 is 6.09 Å². The highest BCUT2D eigenvalue weighted by atomic mass is 16.6. The molecule has 186 valence electrons. The number of alkyl carbamates (subject to hydrolysis) is 1. The molecule has 0 aromatic heterocycles. The van der Waals surface area contributed by atoms with Gasteiger partial charge in [0.05, 0.1) is 5.54 Å². The van der Waals surface area contributed by atoms with Crippen molar-refractivity contribution in [2.45, 2.75) is 95.7 Å². The average Bonchev–Trinajstić information content (AvgIpc) is 2.78. The molecular formula is C27H39N3O4. The molecule has 0 radical (unpaired) electrons. The summed E-state index contributed by atoms with van der Waals surface area (Å²) in [6.07, 6.45) is 11.0. The van der Waals surface area contributed by atoms with Crippen molar-refractivity contribution in [2.24, 2.45) is 0 Å². The number of hydrogen-bond acceptors (Lipinski definition) is 4. The molecule has 1 aliphatic heterocycles. The van der Waals surface area contributed by atoms with E-state index in [1.165, 1.54) is 0 Å². The van der Waals surface area contributed by atoms with Crippen LogP contribution in [0, 0.1) is 0 Å². The smallest absolute Gasteiger partial charge is 0.408 e. The van der Waals surface area contributed by atoms with E-state index in [0.29, 0.717) is 24.9 Å². The minimum absolute atomic E-state index is 0.0987. The third-order valence-corrected chi connectivity index (χ3v) is 6.43. The predicted octanol–water partition coefficient (Wildman–Crippen LogP) is 4.41. The van der Waals surface area contributed by atoms with E-state index in [-0.39, 0.29) is 11.8 Å². The number of nitrogens with one attached hydrogen (secondary N) is 3. The minimum Gasteiger partial charge on any atom is -0.444 e. The van der Waals surface area contributed by atoms with Gasteiger partial charge in [-0.1, -0.05) is 49.6 Å². The van der Waals surface area contributed by atoms with Crippen LogP contribution < -0.4 is 16.0 Å². The first-order valence-electron chi connectivity index (χ1n) is 12.5. The molecule has 1 unspecified atom stereocenters. The maximum Gasteiger partial charge on any atom is 0.408 e. The summed E-state index contributed by atoms with van der Waals surface area (Å²) >= 11 is 0. The van der Waals surface area contributed by atoms with Gasteiger partial charge in [0.1, 0.15) is 11.6 Å². The third-order valence-electron chi connectivity index (χ3n) is 6.43. The lowest BCUT2D eigenvalue weighted by Crippen LogP contribution is -2.58. The normalized spacial score (nSPS) is 22.9. The zero-order valence-electron chi connectivity index (χ0n) is 20.7. The van der Waals surface area contributed by atoms with Crippen LogP contribution in [0.1, 0.15) is 88.1 Å². The molecule has 3 N–H and O–H groups in total. The lowest BCUT2D eigenvalue weighted by atomic mass is 9.81. The lowest BCUT2D eigenvalue weighted by Gasteiger charge is -2.39. The van der Waals surface area contributed by atoms with Gasteiger partial charge in [-0.25, -0.2) is 4.79 Å². The Labute approximate surface area is 203 Å². The molecule has 1 saturated carbocycles. The van der Waals surface area contributed by atoms with Gasteiger partial charge in [-0.3, -0.25) is 9.59 Å². The lowest BCUT2D eigenvalue weighted by molar-refractivity contribution is -0.123. The number of hydrogen-bond donors (Lipinski definition) is 3. The highest BCUT2D eigenvalue weighted by molar-refractivity contribution is 5.96. The van der Waals surface area contributed by atoms with E-state index in [4.69, 9.17) is 4.74 Å². The molecule has 1 heterocycles. The average molecular weight is 470 g/mol. The molecule has 3 rings (SSSR count). The number of benzene rings is 1. The number of carbonyl (C=O) groups excluding carboxylic acids is 3. The van der Waals surface area contributed by atoms with Crippen LogP contribution in [0.25, 0.3) is 0 Å². The van der Waals surface area contributed by atoms with Crippen molar-refractivity contribution < 1.29 is 19.1 Å². The molecule has 0 saturated heterocycles. The summed E-state index contributed by atoms with van der Waals surface area (Å²) in [6.45, 7) is 5.72. The molecule has 1 aromatic carbocycles. The Bertz CT molecular complexity index is 897. The van der Waals surface area contributed by atoms with E-state index in [1.807, 2.05) is 24.3 Å². The van der Waals surface area contributed by atoms with Crippen molar-refractivity contribution >= 4 is 17.9 Å². The van der Waals surface area contributed by atoms with Crippen LogP contribution >= 0.6 is 0 Å². The van der Waals surface area contributed by atoms with Gasteiger partial charge in [0.15, 0.2) is 0 Å². The third kappa shape index (κ3) is 7.61. The van der Waals surface area contributed by atoms with Crippen molar-refractivity contribution in [1.29, 1.82) is 0 Å². The first kappa shape index (κ1) is 25.8. The van der Waals surface area contributed by atoms with Gasteiger partial charge in [0, 0.05) is 12.1 Å². The molecule has 7 nitrogen and oxygen atoms in total. The van der Waals surface area contributed by atoms with E-state index < -0.39 is 23.3 Å². The molecule has 34 heavy (non-hydrogen) atoms. The number of amides is 3. The Morgan fingerprint density at radius 1 is 1.06 bits per heavy atom. The molecule has 1 fully saturated rings. The molecule has 1 spiro atoms. The van der Waals surface area contributed by atoms with E-state index in [2.05, 4.69) is 28.1 Å². The van der Waals surface area contributed by atoms with E-state index >= 15 is 0 Å². The molecule has 1 aliphatic carbocycles. The highest BCUT2D eigenvalue weighted by Crippen LogP contribution is 2.28. The van der Waals surface area contributed by atoms with Crippen LogP contribution in [0.5, 0.6) is 0 Å². The standard InChI is InChI=1S/C27H39N3O4/c1-26(2,3)34-25(33)29-22-16-8-5-4-7-13-20-14-9-10-15-21(20)23(31)30-27(19-28-24(22)32)17-11-6-12-18-27/h4,7,9-10,14-15,22H,5-6,8,11-13,16-19H2,1-3H3,(H,28,32)(H,29,33)(H,30,31)/b7-4+. The van der Waals surface area contributed by atoms with Crippen LogP contribution in [0.15, 0.2) is 36.4 Å². The second-order valence-electron chi connectivity index (χ2n) is 10.5. The van der Waals surface area contributed by atoms with E-state index in [0.717, 1.165) is 50.5 Å². The Kier molecular flexibility index (Phi) is 8.75. The quantitative estimate of drug-likeness (QED) is 0.531. The Morgan fingerprint density at radius 2 is 1.79 bits per heavy atom. The largest absolute Gasteiger partial charge is 0.444 e. The van der Waals surface area contributed by atoms with Crippen LogP contribution in [0.3, 0.4) is 0 Å². The predicted molar refractivity (Wildman–Crippen MR) is 133 cm³/mol. The number of ether oxygens (including phenoxy) is 1. The summed E-state index contributed by atoms with van der Waals surface area (Å²) in [5.41, 5.74) is 0.535. The molecule has 2 aliphatic rings. The van der Waals surface area contributed by atoms with E-state index in [1.54, 1.807) is 20.8 Å². The van der Waals surface area contributed by atoms with Crippen molar-refractivity contribution in [1.82, 2.24) is 16.0 Å². The number of fused-ring (bicyclic) bond motifs is 1. The van der Waals surface area contributed by atoms with Crippen molar-refractivity contribution in [2.75, 3.05) is 6.54 Å². The van der Waals surface area contributed by atoms with Gasteiger partial charge in [-0.15, -0.1) is 0 Å². The van der Waals surface area contributed by atoms with Gasteiger partial charge in [0.25, 0.3) is 5.91 Å².